The Hall–Kier alpha value is -1.36. The van der Waals surface area contributed by atoms with Gasteiger partial charge in [-0.1, -0.05) is 19.9 Å². The minimum absolute atomic E-state index is 0.114. The average molecular weight is 267 g/mol. The first kappa shape index (κ1) is 13.1. The lowest BCUT2D eigenvalue weighted by atomic mass is 9.91. The fraction of sp³-hybridized carbons (Fsp3) is 0.538. The molecule has 18 heavy (non-hydrogen) atoms. The number of carbonyl (C=O) groups excluding carboxylic acids is 1. The molecule has 98 valence electrons. The van der Waals surface area contributed by atoms with E-state index in [4.69, 9.17) is 5.11 Å². The zero-order valence-electron chi connectivity index (χ0n) is 10.5. The van der Waals surface area contributed by atoms with Gasteiger partial charge in [0.2, 0.25) is 5.91 Å². The van der Waals surface area contributed by atoms with E-state index in [9.17, 15) is 9.59 Å². The van der Waals surface area contributed by atoms with Crippen LogP contribution in [-0.4, -0.2) is 23.5 Å². The van der Waals surface area contributed by atoms with Crippen LogP contribution in [0.3, 0.4) is 0 Å². The zero-order chi connectivity index (χ0) is 13.3. The summed E-state index contributed by atoms with van der Waals surface area (Å²) in [6.45, 7) is 4.68. The fourth-order valence-electron chi connectivity index (χ4n) is 1.95. The number of amides is 1. The Morgan fingerprint density at radius 3 is 2.72 bits per heavy atom. The lowest BCUT2D eigenvalue weighted by Crippen LogP contribution is -2.37. The molecule has 0 aliphatic heterocycles. The molecule has 1 heterocycles. The van der Waals surface area contributed by atoms with Crippen LogP contribution in [0, 0.1) is 11.8 Å². The molecule has 1 aromatic heterocycles. The van der Waals surface area contributed by atoms with Crippen LogP contribution in [0.5, 0.6) is 0 Å². The predicted octanol–water partition coefficient (Wildman–Crippen LogP) is 1.86. The zero-order valence-corrected chi connectivity index (χ0v) is 11.3. The van der Waals surface area contributed by atoms with Gasteiger partial charge in [0.25, 0.3) is 0 Å². The molecule has 0 aromatic carbocycles. The highest BCUT2D eigenvalue weighted by Gasteiger charge is 2.48. The summed E-state index contributed by atoms with van der Waals surface area (Å²) in [5, 5.41) is 13.6. The van der Waals surface area contributed by atoms with Crippen LogP contribution in [0.25, 0.3) is 0 Å². The van der Waals surface area contributed by atoms with Gasteiger partial charge in [-0.3, -0.25) is 9.59 Å². The van der Waals surface area contributed by atoms with Crippen LogP contribution in [0.2, 0.25) is 0 Å². The van der Waals surface area contributed by atoms with Crippen molar-refractivity contribution < 1.29 is 14.7 Å². The quantitative estimate of drug-likeness (QED) is 0.855. The van der Waals surface area contributed by atoms with Gasteiger partial charge in [-0.05, 0) is 17.9 Å². The lowest BCUT2D eigenvalue weighted by molar-refractivity contribution is -0.140. The number of rotatable bonds is 5. The predicted molar refractivity (Wildman–Crippen MR) is 69.6 cm³/mol. The molecule has 0 saturated heterocycles. The molecule has 0 unspecified atom stereocenters. The van der Waals surface area contributed by atoms with Gasteiger partial charge >= 0.3 is 5.97 Å². The number of thiophene rings is 1. The summed E-state index contributed by atoms with van der Waals surface area (Å²) in [6, 6.07) is 4.04. The maximum Gasteiger partial charge on any atom is 0.307 e. The van der Waals surface area contributed by atoms with Crippen molar-refractivity contribution in [3.05, 3.63) is 22.4 Å². The van der Waals surface area contributed by atoms with Gasteiger partial charge in [0.1, 0.15) is 0 Å². The van der Waals surface area contributed by atoms with Crippen LogP contribution in [0.4, 0.5) is 0 Å². The molecular weight excluding hydrogens is 250 g/mol. The standard InChI is InChI=1S/C13H17NO3S/c1-13(2,10-4-3-5-18-10)7-14-11(15)8-6-9(8)12(16)17/h3-5,8-9H,6-7H2,1-2H3,(H,14,15)(H,16,17)/t8-,9-/m1/s1. The van der Waals surface area contributed by atoms with Crippen molar-refractivity contribution in [2.75, 3.05) is 6.54 Å². The van der Waals surface area contributed by atoms with Crippen molar-refractivity contribution in [2.45, 2.75) is 25.7 Å². The third kappa shape index (κ3) is 2.72. The molecule has 2 rings (SSSR count). The minimum atomic E-state index is -0.868. The summed E-state index contributed by atoms with van der Waals surface area (Å²) < 4.78 is 0. The van der Waals surface area contributed by atoms with E-state index in [1.165, 1.54) is 4.88 Å². The van der Waals surface area contributed by atoms with E-state index in [2.05, 4.69) is 19.2 Å². The molecule has 2 N–H and O–H groups in total. The number of nitrogens with one attached hydrogen (secondary N) is 1. The Morgan fingerprint density at radius 2 is 2.22 bits per heavy atom. The summed E-state index contributed by atoms with van der Waals surface area (Å²) in [5.74, 6) is -1.81. The first-order valence-electron chi connectivity index (χ1n) is 5.96. The first-order chi connectivity index (χ1) is 8.42. The second-order valence-corrected chi connectivity index (χ2v) is 6.31. The Balaban J connectivity index is 1.85. The van der Waals surface area contributed by atoms with E-state index in [1.54, 1.807) is 11.3 Å². The number of carboxylic acids is 1. The Labute approximate surface area is 110 Å². The fourth-order valence-corrected chi connectivity index (χ4v) is 2.80. The Kier molecular flexibility index (Phi) is 3.43. The third-order valence-electron chi connectivity index (χ3n) is 3.34. The second-order valence-electron chi connectivity index (χ2n) is 5.37. The van der Waals surface area contributed by atoms with Crippen molar-refractivity contribution in [3.8, 4) is 0 Å². The van der Waals surface area contributed by atoms with Crippen molar-refractivity contribution in [1.82, 2.24) is 5.32 Å². The maximum absolute atomic E-state index is 11.8. The summed E-state index contributed by atoms with van der Waals surface area (Å²) >= 11 is 1.67. The molecule has 1 aliphatic rings. The molecule has 1 amide bonds. The van der Waals surface area contributed by atoms with E-state index in [-0.39, 0.29) is 17.2 Å². The second kappa shape index (κ2) is 4.72. The van der Waals surface area contributed by atoms with Gasteiger partial charge in [-0.15, -0.1) is 11.3 Å². The van der Waals surface area contributed by atoms with Gasteiger partial charge in [-0.2, -0.15) is 0 Å². The molecule has 5 heteroatoms. The van der Waals surface area contributed by atoms with E-state index in [0.717, 1.165) is 0 Å². The molecule has 0 radical (unpaired) electrons. The van der Waals surface area contributed by atoms with Crippen molar-refractivity contribution in [2.24, 2.45) is 11.8 Å². The smallest absolute Gasteiger partial charge is 0.307 e. The molecule has 1 fully saturated rings. The van der Waals surface area contributed by atoms with Gasteiger partial charge in [0.05, 0.1) is 11.8 Å². The van der Waals surface area contributed by atoms with Crippen molar-refractivity contribution in [1.29, 1.82) is 0 Å². The van der Waals surface area contributed by atoms with Crippen LogP contribution >= 0.6 is 11.3 Å². The highest BCUT2D eigenvalue weighted by atomic mass is 32.1. The van der Waals surface area contributed by atoms with Crippen molar-refractivity contribution >= 4 is 23.2 Å². The van der Waals surface area contributed by atoms with E-state index >= 15 is 0 Å². The topological polar surface area (TPSA) is 66.4 Å². The molecule has 4 nitrogen and oxygen atoms in total. The SMILES string of the molecule is CC(C)(CNC(=O)[C@@H]1C[C@H]1C(=O)O)c1cccs1. The summed E-state index contributed by atoms with van der Waals surface area (Å²) in [7, 11) is 0. The Bertz CT molecular complexity index is 453. The van der Waals surface area contributed by atoms with Crippen LogP contribution in [-0.2, 0) is 15.0 Å². The van der Waals surface area contributed by atoms with Crippen LogP contribution < -0.4 is 5.32 Å². The summed E-state index contributed by atoms with van der Waals surface area (Å²) in [5.41, 5.74) is -0.114. The average Bonchev–Trinajstić information content (AvgIpc) is 2.92. The van der Waals surface area contributed by atoms with Gasteiger partial charge < -0.3 is 10.4 Å². The third-order valence-corrected chi connectivity index (χ3v) is 4.57. The first-order valence-corrected chi connectivity index (χ1v) is 6.84. The highest BCUT2D eigenvalue weighted by Crippen LogP contribution is 2.38. The summed E-state index contributed by atoms with van der Waals surface area (Å²) in [6.07, 6.45) is 0.473. The van der Waals surface area contributed by atoms with E-state index in [1.807, 2.05) is 17.5 Å². The number of hydrogen-bond acceptors (Lipinski definition) is 3. The molecule has 1 aliphatic carbocycles. The highest BCUT2D eigenvalue weighted by molar-refractivity contribution is 7.10. The number of carboxylic acid groups (broad SMARTS) is 1. The van der Waals surface area contributed by atoms with E-state index < -0.39 is 11.9 Å². The molecular formula is C13H17NO3S. The molecule has 1 aromatic rings. The largest absolute Gasteiger partial charge is 0.481 e. The molecule has 0 spiro atoms. The normalized spacial score (nSPS) is 22.6. The van der Waals surface area contributed by atoms with Gasteiger partial charge in [0.15, 0.2) is 0 Å². The summed E-state index contributed by atoms with van der Waals surface area (Å²) in [4.78, 5) is 23.7. The van der Waals surface area contributed by atoms with Gasteiger partial charge in [0, 0.05) is 16.8 Å². The number of carbonyl (C=O) groups is 2. The van der Waals surface area contributed by atoms with Gasteiger partial charge in [-0.25, -0.2) is 0 Å². The molecule has 2 atom stereocenters. The number of aliphatic carboxylic acids is 1. The lowest BCUT2D eigenvalue weighted by Gasteiger charge is -2.23. The maximum atomic E-state index is 11.8. The van der Waals surface area contributed by atoms with Crippen LogP contribution in [0.1, 0.15) is 25.1 Å². The minimum Gasteiger partial charge on any atom is -0.481 e. The van der Waals surface area contributed by atoms with Crippen LogP contribution in [0.15, 0.2) is 17.5 Å². The van der Waals surface area contributed by atoms with Crippen molar-refractivity contribution in [3.63, 3.8) is 0 Å². The molecule has 1 saturated carbocycles. The monoisotopic (exact) mass is 267 g/mol. The Morgan fingerprint density at radius 1 is 1.50 bits per heavy atom. The van der Waals surface area contributed by atoms with E-state index in [0.29, 0.717) is 13.0 Å². The molecule has 0 bridgehead atoms. The number of hydrogen-bond donors (Lipinski definition) is 2.